The minimum Gasteiger partial charge on any atom is -0.410 e. The van der Waals surface area contributed by atoms with Crippen LogP contribution in [0.4, 0.5) is 0 Å². The zero-order valence-corrected chi connectivity index (χ0v) is 19.7. The summed E-state index contributed by atoms with van der Waals surface area (Å²) < 4.78 is 2.99. The summed E-state index contributed by atoms with van der Waals surface area (Å²) in [5.74, 6) is 0. The maximum absolute atomic E-state index is 6.64. The van der Waals surface area contributed by atoms with E-state index in [1.54, 1.807) is 0 Å². The Bertz CT molecular complexity index is 775. The van der Waals surface area contributed by atoms with Gasteiger partial charge in [-0.1, -0.05) is 68.2 Å². The number of hydroxylamine groups is 2. The molecule has 4 heteroatoms. The summed E-state index contributed by atoms with van der Waals surface area (Å²) in [5.41, 5.74) is 1.27. The average Bonchev–Trinajstić information content (AvgIpc) is 2.96. The second kappa shape index (κ2) is 7.48. The highest BCUT2D eigenvalue weighted by molar-refractivity contribution is 6.82. The van der Waals surface area contributed by atoms with E-state index in [0.29, 0.717) is 0 Å². The van der Waals surface area contributed by atoms with Gasteiger partial charge in [-0.15, -0.1) is 5.06 Å². The summed E-state index contributed by atoms with van der Waals surface area (Å²) >= 11 is -0.277. The van der Waals surface area contributed by atoms with Crippen LogP contribution in [0.1, 0.15) is 32.4 Å². The van der Waals surface area contributed by atoms with Gasteiger partial charge in [-0.05, 0) is 38.5 Å². The van der Waals surface area contributed by atoms with Crippen LogP contribution in [-0.2, 0) is 4.84 Å². The van der Waals surface area contributed by atoms with Crippen LogP contribution in [0.2, 0.25) is 19.6 Å². The molecule has 2 aromatic rings. The molecular weight excluding hydrogens is 449 g/mol. The van der Waals surface area contributed by atoms with Crippen molar-refractivity contribution >= 4 is 8.07 Å². The van der Waals surface area contributed by atoms with Crippen LogP contribution in [0.25, 0.3) is 0 Å². The van der Waals surface area contributed by atoms with E-state index in [2.05, 4.69) is 106 Å². The van der Waals surface area contributed by atoms with Gasteiger partial charge in [0.05, 0.1) is 0 Å². The minimum atomic E-state index is -1.59. The Morgan fingerprint density at radius 1 is 0.885 bits per heavy atom. The third-order valence-electron chi connectivity index (χ3n) is 4.28. The molecule has 138 valence electrons. The van der Waals surface area contributed by atoms with E-state index in [4.69, 9.17) is 4.84 Å². The van der Waals surface area contributed by atoms with Crippen molar-refractivity contribution in [2.45, 2.75) is 52.0 Å². The Balaban J connectivity index is 2.13. The van der Waals surface area contributed by atoms with Crippen molar-refractivity contribution in [2.24, 2.45) is 0 Å². The zero-order valence-electron chi connectivity index (χ0n) is 16.6. The molecule has 1 atom stereocenters. The summed E-state index contributed by atoms with van der Waals surface area (Å²) in [6.45, 7) is 13.9. The molecular formula is C22H29INOSi+. The van der Waals surface area contributed by atoms with Crippen molar-refractivity contribution in [1.82, 2.24) is 5.06 Å². The molecule has 1 unspecified atom stereocenters. The van der Waals surface area contributed by atoms with E-state index in [1.807, 2.05) is 0 Å². The highest BCUT2D eigenvalue weighted by Crippen LogP contribution is 2.41. The van der Waals surface area contributed by atoms with Gasteiger partial charge in [-0.2, -0.15) is 0 Å². The quantitative estimate of drug-likeness (QED) is 0.495. The van der Waals surface area contributed by atoms with E-state index in [-0.39, 0.29) is 32.8 Å². The summed E-state index contributed by atoms with van der Waals surface area (Å²) in [6.07, 6.45) is 0. The molecule has 0 aromatic heterocycles. The van der Waals surface area contributed by atoms with Crippen LogP contribution in [0.3, 0.4) is 0 Å². The fourth-order valence-corrected chi connectivity index (χ4v) is 9.71. The van der Waals surface area contributed by atoms with Crippen LogP contribution in [0.15, 0.2) is 69.6 Å². The maximum Gasteiger partial charge on any atom is 0.358 e. The molecule has 1 aliphatic heterocycles. The first kappa shape index (κ1) is 19.6. The summed E-state index contributed by atoms with van der Waals surface area (Å²) in [4.78, 5) is 6.64. The third kappa shape index (κ3) is 4.23. The SMILES string of the molecule is CC(C)(C)N1OC([Si](C)(C)C)=C([I+]c2ccccc2)C1c1ccccc1. The van der Waals surface area contributed by atoms with Crippen molar-refractivity contribution in [3.05, 3.63) is 78.8 Å². The van der Waals surface area contributed by atoms with Gasteiger partial charge in [-0.3, -0.25) is 0 Å². The van der Waals surface area contributed by atoms with Crippen molar-refractivity contribution < 1.29 is 26.0 Å². The number of benzene rings is 2. The van der Waals surface area contributed by atoms with Gasteiger partial charge in [0.15, 0.2) is 8.95 Å². The molecule has 2 aromatic carbocycles. The topological polar surface area (TPSA) is 12.5 Å². The molecule has 0 bridgehead atoms. The molecule has 0 radical (unpaired) electrons. The number of hydrogen-bond donors (Lipinski definition) is 0. The Labute approximate surface area is 169 Å². The Morgan fingerprint density at radius 3 is 1.92 bits per heavy atom. The number of nitrogens with zero attached hydrogens (tertiary/aromatic N) is 1. The lowest BCUT2D eigenvalue weighted by Crippen LogP contribution is -3.61. The Kier molecular flexibility index (Phi) is 5.65. The van der Waals surface area contributed by atoms with Crippen molar-refractivity contribution in [2.75, 3.05) is 0 Å². The molecule has 2 nitrogen and oxygen atoms in total. The largest absolute Gasteiger partial charge is 0.410 e. The first-order valence-electron chi connectivity index (χ1n) is 9.15. The predicted molar refractivity (Wildman–Crippen MR) is 107 cm³/mol. The molecule has 26 heavy (non-hydrogen) atoms. The van der Waals surface area contributed by atoms with E-state index in [9.17, 15) is 0 Å². The van der Waals surface area contributed by atoms with Gasteiger partial charge < -0.3 is 4.84 Å². The highest BCUT2D eigenvalue weighted by Gasteiger charge is 2.51. The van der Waals surface area contributed by atoms with Crippen molar-refractivity contribution in [3.63, 3.8) is 0 Å². The summed E-state index contributed by atoms with van der Waals surface area (Å²) in [7, 11) is -1.59. The van der Waals surface area contributed by atoms with Crippen LogP contribution >= 0.6 is 0 Å². The number of hydrogen-bond acceptors (Lipinski definition) is 2. The van der Waals surface area contributed by atoms with E-state index < -0.39 is 8.07 Å². The van der Waals surface area contributed by atoms with E-state index in [1.165, 1.54) is 18.1 Å². The third-order valence-corrected chi connectivity index (χ3v) is 9.52. The zero-order chi connectivity index (χ0) is 18.9. The van der Waals surface area contributed by atoms with Gasteiger partial charge in [0.2, 0.25) is 3.58 Å². The van der Waals surface area contributed by atoms with Crippen LogP contribution in [0.5, 0.6) is 0 Å². The number of halogens is 1. The van der Waals surface area contributed by atoms with Crippen LogP contribution < -0.4 is 21.2 Å². The molecule has 1 aliphatic rings. The van der Waals surface area contributed by atoms with Gasteiger partial charge in [0.1, 0.15) is 14.1 Å². The molecule has 0 saturated heterocycles. The van der Waals surface area contributed by atoms with E-state index in [0.717, 1.165) is 0 Å². The predicted octanol–water partition coefficient (Wildman–Crippen LogP) is 2.82. The molecule has 0 aliphatic carbocycles. The molecule has 0 spiro atoms. The first-order chi connectivity index (χ1) is 12.2. The van der Waals surface area contributed by atoms with Crippen molar-refractivity contribution in [1.29, 1.82) is 0 Å². The number of rotatable bonds is 4. The van der Waals surface area contributed by atoms with Crippen LogP contribution in [-0.4, -0.2) is 18.7 Å². The Morgan fingerprint density at radius 2 is 1.42 bits per heavy atom. The monoisotopic (exact) mass is 478 g/mol. The normalized spacial score (nSPS) is 18.9. The average molecular weight is 478 g/mol. The highest BCUT2D eigenvalue weighted by atomic mass is 127. The molecule has 0 saturated carbocycles. The van der Waals surface area contributed by atoms with Crippen LogP contribution in [0, 0.1) is 3.57 Å². The fourth-order valence-electron chi connectivity index (χ4n) is 3.05. The maximum atomic E-state index is 6.64. The lowest BCUT2D eigenvalue weighted by Gasteiger charge is -2.35. The van der Waals surface area contributed by atoms with Gasteiger partial charge >= 0.3 is 21.2 Å². The lowest BCUT2D eigenvalue weighted by molar-refractivity contribution is -0.582. The second-order valence-electron chi connectivity index (χ2n) is 8.72. The summed E-state index contributed by atoms with van der Waals surface area (Å²) in [5, 5.41) is 3.53. The summed E-state index contributed by atoms with van der Waals surface area (Å²) in [6, 6.07) is 22.0. The molecule has 0 N–H and O–H groups in total. The van der Waals surface area contributed by atoms with E-state index >= 15 is 0 Å². The molecule has 1 heterocycles. The van der Waals surface area contributed by atoms with Crippen molar-refractivity contribution in [3.8, 4) is 0 Å². The molecule has 3 rings (SSSR count). The standard InChI is InChI=1S/C22H29INOSi/c1-22(2,3)24-20(17-13-9-7-10-14-17)19(21(25-24)26(4,5)6)23-18-15-11-8-12-16-18/h7-16,20H,1-6H3/q+1. The molecule has 0 amide bonds. The fraction of sp³-hybridized carbons (Fsp3) is 0.364. The second-order valence-corrected chi connectivity index (χ2v) is 16.6. The minimum absolute atomic E-state index is 0.0619. The van der Waals surface area contributed by atoms with Gasteiger partial charge in [0.25, 0.3) is 0 Å². The lowest BCUT2D eigenvalue weighted by atomic mass is 10.0. The Hall–Kier alpha value is -1.11. The smallest absolute Gasteiger partial charge is 0.358 e. The molecule has 0 fully saturated rings. The first-order valence-corrected chi connectivity index (χ1v) is 14.8. The van der Waals surface area contributed by atoms with Gasteiger partial charge in [-0.25, -0.2) is 0 Å². The van der Waals surface area contributed by atoms with Gasteiger partial charge in [0, 0.05) is 5.54 Å².